The van der Waals surface area contributed by atoms with Crippen molar-refractivity contribution < 1.29 is 22.4 Å². The number of hydrogen-bond donors (Lipinski definition) is 1. The number of aromatic nitrogens is 3. The van der Waals surface area contributed by atoms with Crippen LogP contribution in [0.1, 0.15) is 10.5 Å². The molecule has 0 radical (unpaired) electrons. The van der Waals surface area contributed by atoms with Crippen molar-refractivity contribution in [1.29, 1.82) is 0 Å². The number of fused-ring (bicyclic) bond motifs is 1. The molecule has 5 nitrogen and oxygen atoms in total. The Balaban J connectivity index is 1.64. The lowest BCUT2D eigenvalue weighted by Gasteiger charge is -2.08. The molecule has 0 unspecified atom stereocenters. The molecule has 4 rings (SSSR count). The Kier molecular flexibility index (Phi) is 4.57. The van der Waals surface area contributed by atoms with E-state index < -0.39 is 18.6 Å². The molecule has 1 N–H and O–H groups in total. The molecule has 9 heteroatoms. The number of amides is 1. The zero-order valence-corrected chi connectivity index (χ0v) is 14.8. The minimum atomic E-state index is -4.49. The molecule has 4 aromatic rings. The zero-order chi connectivity index (χ0) is 20.6. The molecule has 148 valence electrons. The summed E-state index contributed by atoms with van der Waals surface area (Å²) in [6, 6.07) is 14.8. The van der Waals surface area contributed by atoms with Gasteiger partial charge in [0.05, 0.1) is 0 Å². The largest absolute Gasteiger partial charge is 0.405 e. The van der Waals surface area contributed by atoms with Crippen LogP contribution in [0.15, 0.2) is 67.0 Å². The topological polar surface area (TPSA) is 51.3 Å². The van der Waals surface area contributed by atoms with Gasteiger partial charge < -0.3 is 9.72 Å². The van der Waals surface area contributed by atoms with Gasteiger partial charge in [0.2, 0.25) is 0 Å². The van der Waals surface area contributed by atoms with Crippen molar-refractivity contribution in [3.63, 3.8) is 0 Å². The Morgan fingerprint density at radius 1 is 0.966 bits per heavy atom. The van der Waals surface area contributed by atoms with E-state index in [1.165, 1.54) is 29.1 Å². The predicted molar refractivity (Wildman–Crippen MR) is 98.3 cm³/mol. The molecule has 0 bridgehead atoms. The van der Waals surface area contributed by atoms with E-state index in [-0.39, 0.29) is 11.5 Å². The van der Waals surface area contributed by atoms with Crippen LogP contribution in [0.3, 0.4) is 0 Å². The van der Waals surface area contributed by atoms with E-state index in [9.17, 15) is 22.4 Å². The molecule has 0 spiro atoms. The molecule has 3 aromatic heterocycles. The van der Waals surface area contributed by atoms with Gasteiger partial charge in [-0.2, -0.15) is 18.3 Å². The molecule has 0 saturated heterocycles. The second kappa shape index (κ2) is 7.08. The average Bonchev–Trinajstić information content (AvgIpc) is 3.32. The van der Waals surface area contributed by atoms with E-state index in [1.54, 1.807) is 23.5 Å². The quantitative estimate of drug-likeness (QED) is 0.520. The number of nitrogens with one attached hydrogen (secondary N) is 1. The number of pyridine rings is 1. The predicted octanol–water partition coefficient (Wildman–Crippen LogP) is 4.22. The first-order chi connectivity index (χ1) is 13.8. The number of hydrogen-bond acceptors (Lipinski definition) is 2. The fourth-order valence-electron chi connectivity index (χ4n) is 2.93. The number of rotatable bonds is 4. The molecule has 0 aliphatic rings. The number of benzene rings is 1. The van der Waals surface area contributed by atoms with E-state index in [2.05, 4.69) is 5.10 Å². The van der Waals surface area contributed by atoms with Gasteiger partial charge in [-0.05, 0) is 47.5 Å². The van der Waals surface area contributed by atoms with Crippen LogP contribution in [0.5, 0.6) is 0 Å². The molecule has 3 heterocycles. The van der Waals surface area contributed by atoms with Crippen molar-refractivity contribution in [2.45, 2.75) is 6.18 Å². The highest BCUT2D eigenvalue weighted by molar-refractivity contribution is 5.92. The summed E-state index contributed by atoms with van der Waals surface area (Å²) < 4.78 is 53.2. The molecular formula is C20H14F4N4O. The lowest BCUT2D eigenvalue weighted by Crippen LogP contribution is -2.34. The smallest absolute Gasteiger partial charge is 0.342 e. The van der Waals surface area contributed by atoms with Crippen LogP contribution in [0, 0.1) is 5.82 Å². The van der Waals surface area contributed by atoms with Crippen LogP contribution >= 0.6 is 0 Å². The summed E-state index contributed by atoms with van der Waals surface area (Å²) in [6.07, 6.45) is -1.16. The van der Waals surface area contributed by atoms with Crippen LogP contribution in [-0.4, -0.2) is 32.8 Å². The summed E-state index contributed by atoms with van der Waals surface area (Å²) >= 11 is 0. The van der Waals surface area contributed by atoms with Gasteiger partial charge >= 0.3 is 6.18 Å². The summed E-state index contributed by atoms with van der Waals surface area (Å²) in [5.41, 5.74) is 2.38. The Morgan fingerprint density at radius 3 is 2.38 bits per heavy atom. The highest BCUT2D eigenvalue weighted by Crippen LogP contribution is 2.23. The number of carbonyl (C=O) groups excluding carboxylic acids is 1. The van der Waals surface area contributed by atoms with Gasteiger partial charge in [0.25, 0.3) is 5.91 Å². The van der Waals surface area contributed by atoms with Gasteiger partial charge in [-0.15, -0.1) is 0 Å². The van der Waals surface area contributed by atoms with Gasteiger partial charge in [-0.1, -0.05) is 18.2 Å². The van der Waals surface area contributed by atoms with Crippen LogP contribution in [0.2, 0.25) is 0 Å². The van der Waals surface area contributed by atoms with Crippen LogP contribution in [0.25, 0.3) is 22.5 Å². The second-order valence-electron chi connectivity index (χ2n) is 6.35. The molecule has 1 amide bonds. The van der Waals surface area contributed by atoms with Crippen molar-refractivity contribution in [1.82, 2.24) is 19.5 Å². The van der Waals surface area contributed by atoms with Gasteiger partial charge in [-0.3, -0.25) is 4.79 Å². The fraction of sp³-hybridized carbons (Fsp3) is 0.100. The van der Waals surface area contributed by atoms with Crippen LogP contribution in [-0.2, 0) is 0 Å². The normalized spacial score (nSPS) is 11.7. The van der Waals surface area contributed by atoms with E-state index in [0.717, 1.165) is 16.6 Å². The minimum absolute atomic E-state index is 0.126. The number of nitrogens with zero attached hydrogens (tertiary/aromatic N) is 3. The van der Waals surface area contributed by atoms with E-state index >= 15 is 0 Å². The first-order valence-electron chi connectivity index (χ1n) is 8.58. The highest BCUT2D eigenvalue weighted by Gasteiger charge is 2.28. The third kappa shape index (κ3) is 3.98. The van der Waals surface area contributed by atoms with E-state index in [0.29, 0.717) is 5.82 Å². The second-order valence-corrected chi connectivity index (χ2v) is 6.35. The maximum absolute atomic E-state index is 13.2. The van der Waals surface area contributed by atoms with Gasteiger partial charge in [-0.25, -0.2) is 9.07 Å². The number of halogens is 4. The molecule has 0 aliphatic heterocycles. The maximum atomic E-state index is 13.2. The van der Waals surface area contributed by atoms with Gasteiger partial charge in [0, 0.05) is 17.9 Å². The zero-order valence-electron chi connectivity index (χ0n) is 14.8. The standard InChI is InChI=1S/C20H14F4N4O/c21-15-4-1-13(2-5-15)14-3-6-16-7-8-18(27(16)11-14)28-10-9-17(26-28)19(29)25-12-20(22,23)24/h1-11H,12H2,(H,25,29). The van der Waals surface area contributed by atoms with Crippen LogP contribution in [0.4, 0.5) is 17.6 Å². The summed E-state index contributed by atoms with van der Waals surface area (Å²) in [7, 11) is 0. The Hall–Kier alpha value is -3.62. The Labute approximate surface area is 162 Å². The maximum Gasteiger partial charge on any atom is 0.405 e. The summed E-state index contributed by atoms with van der Waals surface area (Å²) in [6.45, 7) is -1.42. The third-order valence-electron chi connectivity index (χ3n) is 4.31. The lowest BCUT2D eigenvalue weighted by atomic mass is 10.1. The van der Waals surface area contributed by atoms with Gasteiger partial charge in [0.15, 0.2) is 5.69 Å². The molecule has 0 atom stereocenters. The Morgan fingerprint density at radius 2 is 1.66 bits per heavy atom. The number of alkyl halides is 3. The van der Waals surface area contributed by atoms with E-state index in [4.69, 9.17) is 0 Å². The molecule has 0 saturated carbocycles. The summed E-state index contributed by atoms with van der Waals surface area (Å²) in [4.78, 5) is 11.9. The highest BCUT2D eigenvalue weighted by atomic mass is 19.4. The first kappa shape index (κ1) is 18.7. The monoisotopic (exact) mass is 402 g/mol. The van der Waals surface area contributed by atoms with Crippen molar-refractivity contribution in [3.05, 3.63) is 78.5 Å². The molecule has 1 aromatic carbocycles. The van der Waals surface area contributed by atoms with Crippen molar-refractivity contribution in [2.75, 3.05) is 6.54 Å². The van der Waals surface area contributed by atoms with Gasteiger partial charge in [0.1, 0.15) is 18.2 Å². The van der Waals surface area contributed by atoms with E-state index in [1.807, 2.05) is 28.8 Å². The molecule has 0 fully saturated rings. The Bertz CT molecular complexity index is 1180. The fourth-order valence-corrected chi connectivity index (χ4v) is 2.93. The number of carbonyl (C=O) groups is 1. The van der Waals surface area contributed by atoms with Crippen molar-refractivity contribution in [3.8, 4) is 16.9 Å². The average molecular weight is 402 g/mol. The molecule has 29 heavy (non-hydrogen) atoms. The van der Waals surface area contributed by atoms with Crippen LogP contribution < -0.4 is 5.32 Å². The minimum Gasteiger partial charge on any atom is -0.342 e. The molecular weight excluding hydrogens is 388 g/mol. The third-order valence-corrected chi connectivity index (χ3v) is 4.31. The van der Waals surface area contributed by atoms with Crippen molar-refractivity contribution >= 4 is 11.4 Å². The molecule has 0 aliphatic carbocycles. The summed E-state index contributed by atoms with van der Waals surface area (Å²) in [5, 5.41) is 5.88. The summed E-state index contributed by atoms with van der Waals surface area (Å²) in [5.74, 6) is -0.642. The first-order valence-corrected chi connectivity index (χ1v) is 8.58. The lowest BCUT2D eigenvalue weighted by molar-refractivity contribution is -0.123. The van der Waals surface area contributed by atoms with Crippen molar-refractivity contribution in [2.24, 2.45) is 0 Å². The SMILES string of the molecule is O=C(NCC(F)(F)F)c1ccn(-c2ccc3ccc(-c4ccc(F)cc4)cn23)n1.